The van der Waals surface area contributed by atoms with Crippen LogP contribution in [0.2, 0.25) is 5.02 Å². The van der Waals surface area contributed by atoms with Gasteiger partial charge in [-0.1, -0.05) is 48.0 Å². The number of rotatable bonds is 8. The van der Waals surface area contributed by atoms with Gasteiger partial charge in [-0.05, 0) is 47.5 Å². The summed E-state index contributed by atoms with van der Waals surface area (Å²) in [6.45, 7) is 3.87. The summed E-state index contributed by atoms with van der Waals surface area (Å²) in [6, 6.07) is 24.7. The van der Waals surface area contributed by atoms with Crippen molar-refractivity contribution in [3.05, 3.63) is 100 Å². The van der Waals surface area contributed by atoms with Crippen molar-refractivity contribution in [1.82, 2.24) is 9.80 Å². The fraction of sp³-hybridized carbons (Fsp3) is 0.286. The molecule has 1 atom stereocenters. The molecule has 3 aromatic carbocycles. The van der Waals surface area contributed by atoms with Crippen LogP contribution < -0.4 is 4.74 Å². The van der Waals surface area contributed by atoms with E-state index in [0.717, 1.165) is 30.0 Å². The molecule has 3 aromatic rings. The Kier molecular flexibility index (Phi) is 8.38. The molecule has 0 saturated carbocycles. The number of benzene rings is 3. The van der Waals surface area contributed by atoms with Gasteiger partial charge >= 0.3 is 0 Å². The molecular formula is C28H28ClN3O3. The van der Waals surface area contributed by atoms with Crippen LogP contribution in [-0.2, 0) is 11.3 Å². The third kappa shape index (κ3) is 6.40. The smallest absolute Gasteiger partial charge is 0.255 e. The lowest BCUT2D eigenvalue weighted by Gasteiger charge is -2.36. The molecule has 35 heavy (non-hydrogen) atoms. The number of nitriles is 1. The average molecular weight is 490 g/mol. The molecule has 0 radical (unpaired) electrons. The maximum atomic E-state index is 12.9. The van der Waals surface area contributed by atoms with E-state index >= 15 is 0 Å². The standard InChI is InChI=1S/C28H28ClN3O3/c1-34-24-6-4-5-23(17-24)27(35-20-22-11-9-21(18-30)10-12-22)19-31-13-15-32(16-14-31)28(33)25-7-2-3-8-26(25)29/h2-12,17,27H,13-16,19-20H2,1H3/t27-/m0/s1. The number of nitrogens with zero attached hydrogens (tertiary/aromatic N) is 3. The van der Waals surface area contributed by atoms with Crippen LogP contribution in [0.15, 0.2) is 72.8 Å². The van der Waals surface area contributed by atoms with Crippen molar-refractivity contribution in [3.8, 4) is 11.8 Å². The molecule has 1 aliphatic heterocycles. The molecular weight excluding hydrogens is 462 g/mol. The van der Waals surface area contributed by atoms with Gasteiger partial charge in [0, 0.05) is 32.7 Å². The number of hydrogen-bond acceptors (Lipinski definition) is 5. The Hall–Kier alpha value is -3.37. The maximum Gasteiger partial charge on any atom is 0.255 e. The van der Waals surface area contributed by atoms with Gasteiger partial charge < -0.3 is 14.4 Å². The molecule has 4 rings (SSSR count). The largest absolute Gasteiger partial charge is 0.497 e. The van der Waals surface area contributed by atoms with E-state index in [9.17, 15) is 4.79 Å². The quantitative estimate of drug-likeness (QED) is 0.448. The molecule has 1 fully saturated rings. The molecule has 0 spiro atoms. The van der Waals surface area contributed by atoms with Crippen molar-refractivity contribution in [2.75, 3.05) is 39.8 Å². The molecule has 1 amide bonds. The average Bonchev–Trinajstić information content (AvgIpc) is 2.91. The van der Waals surface area contributed by atoms with Gasteiger partial charge in [0.1, 0.15) is 5.75 Å². The van der Waals surface area contributed by atoms with Crippen LogP contribution in [0.5, 0.6) is 5.75 Å². The summed E-state index contributed by atoms with van der Waals surface area (Å²) in [5, 5.41) is 9.51. The van der Waals surface area contributed by atoms with Crippen LogP contribution in [0.1, 0.15) is 33.2 Å². The normalized spacial score (nSPS) is 14.8. The second-order valence-electron chi connectivity index (χ2n) is 8.46. The Morgan fingerprint density at radius 2 is 1.77 bits per heavy atom. The van der Waals surface area contributed by atoms with Crippen LogP contribution >= 0.6 is 11.6 Å². The predicted octanol–water partition coefficient (Wildman–Crippen LogP) is 4.94. The fourth-order valence-corrected chi connectivity index (χ4v) is 4.36. The van der Waals surface area contributed by atoms with Crippen LogP contribution in [0.25, 0.3) is 0 Å². The molecule has 0 N–H and O–H groups in total. The third-order valence-corrected chi connectivity index (χ3v) is 6.52. The highest BCUT2D eigenvalue weighted by molar-refractivity contribution is 6.33. The van der Waals surface area contributed by atoms with Crippen LogP contribution in [0.4, 0.5) is 0 Å². The van der Waals surface area contributed by atoms with Gasteiger partial charge in [0.2, 0.25) is 0 Å². The highest BCUT2D eigenvalue weighted by atomic mass is 35.5. The van der Waals surface area contributed by atoms with Crippen molar-refractivity contribution < 1.29 is 14.3 Å². The third-order valence-electron chi connectivity index (χ3n) is 6.19. The lowest BCUT2D eigenvalue weighted by Crippen LogP contribution is -2.49. The van der Waals surface area contributed by atoms with E-state index in [2.05, 4.69) is 11.0 Å². The van der Waals surface area contributed by atoms with E-state index in [-0.39, 0.29) is 12.0 Å². The van der Waals surface area contributed by atoms with E-state index in [1.807, 2.05) is 53.4 Å². The summed E-state index contributed by atoms with van der Waals surface area (Å²) < 4.78 is 11.8. The number of ether oxygens (including phenoxy) is 2. The number of amides is 1. The Morgan fingerprint density at radius 1 is 1.03 bits per heavy atom. The first-order valence-electron chi connectivity index (χ1n) is 11.6. The van der Waals surface area contributed by atoms with E-state index in [1.54, 1.807) is 31.4 Å². The summed E-state index contributed by atoms with van der Waals surface area (Å²) in [7, 11) is 1.65. The van der Waals surface area contributed by atoms with Gasteiger partial charge in [0.05, 0.1) is 42.0 Å². The highest BCUT2D eigenvalue weighted by Crippen LogP contribution is 2.25. The molecule has 0 unspecified atom stereocenters. The van der Waals surface area contributed by atoms with E-state index < -0.39 is 0 Å². The number of piperazine rings is 1. The molecule has 6 nitrogen and oxygen atoms in total. The van der Waals surface area contributed by atoms with Crippen molar-refractivity contribution in [3.63, 3.8) is 0 Å². The topological polar surface area (TPSA) is 65.8 Å². The molecule has 0 aliphatic carbocycles. The van der Waals surface area contributed by atoms with Gasteiger partial charge in [0.25, 0.3) is 5.91 Å². The number of methoxy groups -OCH3 is 1. The van der Waals surface area contributed by atoms with Crippen molar-refractivity contribution in [2.45, 2.75) is 12.7 Å². The summed E-state index contributed by atoms with van der Waals surface area (Å²) in [5.74, 6) is 0.751. The molecule has 7 heteroatoms. The molecule has 180 valence electrons. The summed E-state index contributed by atoms with van der Waals surface area (Å²) >= 11 is 6.23. The molecule has 1 saturated heterocycles. The fourth-order valence-electron chi connectivity index (χ4n) is 4.14. The lowest BCUT2D eigenvalue weighted by molar-refractivity contribution is 0.00333. The first-order chi connectivity index (χ1) is 17.1. The predicted molar refractivity (Wildman–Crippen MR) is 135 cm³/mol. The maximum absolute atomic E-state index is 12.9. The summed E-state index contributed by atoms with van der Waals surface area (Å²) in [5.41, 5.74) is 3.21. The van der Waals surface area contributed by atoms with Crippen molar-refractivity contribution in [2.24, 2.45) is 0 Å². The Morgan fingerprint density at radius 3 is 2.46 bits per heavy atom. The highest BCUT2D eigenvalue weighted by Gasteiger charge is 2.26. The summed E-state index contributed by atoms with van der Waals surface area (Å²) in [4.78, 5) is 17.1. The number of carbonyl (C=O) groups is 1. The second-order valence-corrected chi connectivity index (χ2v) is 8.86. The van der Waals surface area contributed by atoms with Crippen molar-refractivity contribution >= 4 is 17.5 Å². The second kappa shape index (κ2) is 11.9. The Bertz CT molecular complexity index is 1180. The molecule has 0 aromatic heterocycles. The van der Waals surface area contributed by atoms with E-state index in [1.165, 1.54) is 0 Å². The summed E-state index contributed by atoms with van der Waals surface area (Å²) in [6.07, 6.45) is -0.174. The van der Waals surface area contributed by atoms with Crippen LogP contribution in [0, 0.1) is 11.3 Å². The van der Waals surface area contributed by atoms with Gasteiger partial charge in [0.15, 0.2) is 0 Å². The van der Waals surface area contributed by atoms with Crippen LogP contribution in [-0.4, -0.2) is 55.5 Å². The zero-order chi connectivity index (χ0) is 24.6. The van der Waals surface area contributed by atoms with Crippen molar-refractivity contribution in [1.29, 1.82) is 5.26 Å². The SMILES string of the molecule is COc1cccc([C@H](CN2CCN(C(=O)c3ccccc3Cl)CC2)OCc2ccc(C#N)cc2)c1. The lowest BCUT2D eigenvalue weighted by atomic mass is 10.1. The van der Waals surface area contributed by atoms with E-state index in [4.69, 9.17) is 26.3 Å². The van der Waals surface area contributed by atoms with Crippen LogP contribution in [0.3, 0.4) is 0 Å². The van der Waals surface area contributed by atoms with Gasteiger partial charge in [-0.25, -0.2) is 0 Å². The Balaban J connectivity index is 1.41. The van der Waals surface area contributed by atoms with E-state index in [0.29, 0.717) is 42.4 Å². The van der Waals surface area contributed by atoms with Gasteiger partial charge in [-0.2, -0.15) is 5.26 Å². The molecule has 1 aliphatic rings. The zero-order valence-electron chi connectivity index (χ0n) is 19.7. The zero-order valence-corrected chi connectivity index (χ0v) is 20.4. The number of hydrogen-bond donors (Lipinski definition) is 0. The molecule has 0 bridgehead atoms. The monoisotopic (exact) mass is 489 g/mol. The number of halogens is 1. The van der Waals surface area contributed by atoms with Gasteiger partial charge in [-0.3, -0.25) is 9.69 Å². The minimum atomic E-state index is -0.174. The minimum absolute atomic E-state index is 0.0309. The number of carbonyl (C=O) groups excluding carboxylic acids is 1. The Labute approximate surface area is 211 Å². The molecule has 1 heterocycles. The van der Waals surface area contributed by atoms with Gasteiger partial charge in [-0.15, -0.1) is 0 Å². The minimum Gasteiger partial charge on any atom is -0.497 e. The first-order valence-corrected chi connectivity index (χ1v) is 12.0. The first kappa shape index (κ1) is 24.7.